The van der Waals surface area contributed by atoms with Gasteiger partial charge in [0.05, 0.1) is 16.8 Å². The molecule has 0 atom stereocenters. The fourth-order valence-corrected chi connectivity index (χ4v) is 6.29. The Balaban J connectivity index is 1.38. The van der Waals surface area contributed by atoms with Gasteiger partial charge in [0.15, 0.2) is 0 Å². The van der Waals surface area contributed by atoms with Crippen molar-refractivity contribution in [1.29, 1.82) is 0 Å². The highest BCUT2D eigenvalue weighted by molar-refractivity contribution is 7.88. The van der Waals surface area contributed by atoms with E-state index in [0.717, 1.165) is 15.4 Å². The number of thiazole rings is 1. The molecule has 1 saturated heterocycles. The molecule has 0 aliphatic carbocycles. The van der Waals surface area contributed by atoms with E-state index in [9.17, 15) is 13.2 Å². The van der Waals surface area contributed by atoms with Crippen LogP contribution in [0.15, 0.2) is 54.0 Å². The summed E-state index contributed by atoms with van der Waals surface area (Å²) in [6, 6.07) is 13.1. The number of benzene rings is 1. The van der Waals surface area contributed by atoms with Crippen LogP contribution in [0.5, 0.6) is 0 Å². The largest absolute Gasteiger partial charge is 0.335 e. The van der Waals surface area contributed by atoms with Gasteiger partial charge in [-0.1, -0.05) is 36.4 Å². The molecule has 0 radical (unpaired) electrons. The van der Waals surface area contributed by atoms with E-state index < -0.39 is 10.0 Å². The second kappa shape index (κ2) is 8.12. The predicted octanol–water partition coefficient (Wildman–Crippen LogP) is 3.16. The highest BCUT2D eigenvalue weighted by Gasteiger charge is 2.30. The Kier molecular flexibility index (Phi) is 5.58. The van der Waals surface area contributed by atoms with Gasteiger partial charge in [-0.05, 0) is 17.0 Å². The summed E-state index contributed by atoms with van der Waals surface area (Å²) in [7, 11) is -3.39. The lowest BCUT2D eigenvalue weighted by Gasteiger charge is -2.33. The fraction of sp³-hybridized carbons (Fsp3) is 0.263. The molecule has 2 aromatic heterocycles. The van der Waals surface area contributed by atoms with E-state index in [4.69, 9.17) is 0 Å². The molecular weight excluding hydrogens is 414 g/mol. The lowest BCUT2D eigenvalue weighted by molar-refractivity contribution is 0.0702. The number of carbonyl (C=O) groups excluding carboxylic acids is 1. The average Bonchev–Trinajstić information content (AvgIpc) is 3.40. The van der Waals surface area contributed by atoms with Crippen molar-refractivity contribution in [3.8, 4) is 9.88 Å². The third-order valence-corrected chi connectivity index (χ3v) is 8.43. The van der Waals surface area contributed by atoms with E-state index >= 15 is 0 Å². The SMILES string of the molecule is O=C(c1cnc(-c2cccs2)s1)N1CCN(S(=O)(=O)Cc2ccccc2)CC1. The standard InChI is InChI=1S/C19H19N3O3S3/c23-19(17-13-20-18(27-17)16-7-4-12-26-16)21-8-10-22(11-9-21)28(24,25)14-15-5-2-1-3-6-15/h1-7,12-13H,8-11,14H2. The number of hydrogen-bond acceptors (Lipinski definition) is 6. The van der Waals surface area contributed by atoms with Gasteiger partial charge in [0.2, 0.25) is 10.0 Å². The van der Waals surface area contributed by atoms with E-state index in [-0.39, 0.29) is 11.7 Å². The minimum atomic E-state index is -3.39. The number of nitrogens with zero attached hydrogens (tertiary/aromatic N) is 3. The zero-order valence-electron chi connectivity index (χ0n) is 15.0. The van der Waals surface area contributed by atoms with Crippen LogP contribution in [0, 0.1) is 0 Å². The molecule has 1 amide bonds. The Hall–Kier alpha value is -2.07. The first kappa shape index (κ1) is 19.3. The van der Waals surface area contributed by atoms with Gasteiger partial charge in [-0.3, -0.25) is 4.79 Å². The first-order chi connectivity index (χ1) is 13.5. The number of aromatic nitrogens is 1. The zero-order valence-corrected chi connectivity index (χ0v) is 17.5. The zero-order chi connectivity index (χ0) is 19.6. The van der Waals surface area contributed by atoms with Gasteiger partial charge in [0, 0.05) is 26.2 Å². The summed E-state index contributed by atoms with van der Waals surface area (Å²) in [5.74, 6) is -0.0960. The molecule has 28 heavy (non-hydrogen) atoms. The fourth-order valence-electron chi connectivity index (χ4n) is 3.09. The molecule has 0 N–H and O–H groups in total. The Morgan fingerprint density at radius 2 is 1.79 bits per heavy atom. The number of amides is 1. The molecule has 1 aliphatic heterocycles. The summed E-state index contributed by atoms with van der Waals surface area (Å²) in [5.41, 5.74) is 0.770. The smallest absolute Gasteiger partial charge is 0.265 e. The van der Waals surface area contributed by atoms with Crippen LogP contribution >= 0.6 is 22.7 Å². The molecule has 0 unspecified atom stereocenters. The molecule has 0 saturated carbocycles. The molecule has 0 bridgehead atoms. The number of sulfonamides is 1. The monoisotopic (exact) mass is 433 g/mol. The van der Waals surface area contributed by atoms with Gasteiger partial charge < -0.3 is 4.90 Å². The molecular formula is C19H19N3O3S3. The molecule has 3 aromatic rings. The molecule has 146 valence electrons. The van der Waals surface area contributed by atoms with Crippen molar-refractivity contribution in [3.63, 3.8) is 0 Å². The van der Waals surface area contributed by atoms with Crippen LogP contribution in [-0.2, 0) is 15.8 Å². The maximum absolute atomic E-state index is 12.8. The topological polar surface area (TPSA) is 70.6 Å². The van der Waals surface area contributed by atoms with Gasteiger partial charge >= 0.3 is 0 Å². The Morgan fingerprint density at radius 3 is 2.46 bits per heavy atom. The van der Waals surface area contributed by atoms with Gasteiger partial charge in [-0.2, -0.15) is 4.31 Å². The summed E-state index contributed by atoms with van der Waals surface area (Å²) < 4.78 is 26.8. The molecule has 3 heterocycles. The lowest BCUT2D eigenvalue weighted by atomic mass is 10.2. The Labute approximate surface area is 172 Å². The summed E-state index contributed by atoms with van der Waals surface area (Å²) in [5, 5.41) is 2.82. The van der Waals surface area contributed by atoms with E-state index in [1.165, 1.54) is 15.6 Å². The Bertz CT molecular complexity index is 1040. The van der Waals surface area contributed by atoms with Crippen molar-refractivity contribution in [2.24, 2.45) is 0 Å². The average molecular weight is 434 g/mol. The lowest BCUT2D eigenvalue weighted by Crippen LogP contribution is -2.50. The quantitative estimate of drug-likeness (QED) is 0.620. The van der Waals surface area contributed by atoms with Crippen LogP contribution in [0.2, 0.25) is 0 Å². The van der Waals surface area contributed by atoms with Crippen molar-refractivity contribution >= 4 is 38.6 Å². The number of piperazine rings is 1. The molecule has 1 fully saturated rings. The normalized spacial score (nSPS) is 15.6. The summed E-state index contributed by atoms with van der Waals surface area (Å²) in [6.45, 7) is 1.41. The summed E-state index contributed by atoms with van der Waals surface area (Å²) in [6.07, 6.45) is 1.61. The number of rotatable bonds is 5. The second-order valence-corrected chi connectivity index (χ2v) is 10.4. The van der Waals surface area contributed by atoms with Crippen LogP contribution in [-0.4, -0.2) is 54.7 Å². The van der Waals surface area contributed by atoms with Crippen LogP contribution in [0.3, 0.4) is 0 Å². The van der Waals surface area contributed by atoms with Gasteiger partial charge in [-0.15, -0.1) is 22.7 Å². The van der Waals surface area contributed by atoms with Gasteiger partial charge in [0.25, 0.3) is 5.91 Å². The minimum Gasteiger partial charge on any atom is -0.335 e. The first-order valence-electron chi connectivity index (χ1n) is 8.84. The summed E-state index contributed by atoms with van der Waals surface area (Å²) >= 11 is 2.97. The third-order valence-electron chi connectivity index (χ3n) is 4.56. The van der Waals surface area contributed by atoms with Gasteiger partial charge in [-0.25, -0.2) is 13.4 Å². The minimum absolute atomic E-state index is 0.0131. The highest BCUT2D eigenvalue weighted by Crippen LogP contribution is 2.29. The third kappa shape index (κ3) is 4.17. The van der Waals surface area contributed by atoms with E-state index in [0.29, 0.717) is 31.1 Å². The van der Waals surface area contributed by atoms with Crippen molar-refractivity contribution < 1.29 is 13.2 Å². The molecule has 1 aromatic carbocycles. The first-order valence-corrected chi connectivity index (χ1v) is 12.1. The van der Waals surface area contributed by atoms with E-state index in [2.05, 4.69) is 4.98 Å². The number of carbonyl (C=O) groups is 1. The van der Waals surface area contributed by atoms with Crippen LogP contribution < -0.4 is 0 Å². The van der Waals surface area contributed by atoms with Crippen molar-refractivity contribution in [2.75, 3.05) is 26.2 Å². The van der Waals surface area contributed by atoms with Gasteiger partial charge in [0.1, 0.15) is 9.88 Å². The molecule has 1 aliphatic rings. The van der Waals surface area contributed by atoms with E-state index in [1.54, 1.807) is 22.4 Å². The molecule has 4 rings (SSSR count). The van der Waals surface area contributed by atoms with Crippen LogP contribution in [0.1, 0.15) is 15.2 Å². The predicted molar refractivity (Wildman–Crippen MR) is 112 cm³/mol. The summed E-state index contributed by atoms with van der Waals surface area (Å²) in [4.78, 5) is 20.5. The molecule has 9 heteroatoms. The highest BCUT2D eigenvalue weighted by atomic mass is 32.2. The van der Waals surface area contributed by atoms with Crippen LogP contribution in [0.25, 0.3) is 9.88 Å². The number of hydrogen-bond donors (Lipinski definition) is 0. The molecule has 0 spiro atoms. The van der Waals surface area contributed by atoms with Crippen molar-refractivity contribution in [1.82, 2.24) is 14.2 Å². The van der Waals surface area contributed by atoms with E-state index in [1.807, 2.05) is 47.8 Å². The maximum Gasteiger partial charge on any atom is 0.265 e. The maximum atomic E-state index is 12.8. The number of thiophene rings is 1. The Morgan fingerprint density at radius 1 is 1.04 bits per heavy atom. The van der Waals surface area contributed by atoms with Crippen molar-refractivity contribution in [3.05, 3.63) is 64.5 Å². The van der Waals surface area contributed by atoms with Crippen LogP contribution in [0.4, 0.5) is 0 Å². The van der Waals surface area contributed by atoms with Crippen molar-refractivity contribution in [2.45, 2.75) is 5.75 Å². The second-order valence-electron chi connectivity index (χ2n) is 6.44. The molecule has 6 nitrogen and oxygen atoms in total.